The molecule has 1 aromatic heterocycles. The predicted molar refractivity (Wildman–Crippen MR) is 119 cm³/mol. The molecule has 9 nitrogen and oxygen atoms in total. The number of rotatable bonds is 5. The Morgan fingerprint density at radius 2 is 1.97 bits per heavy atom. The van der Waals surface area contributed by atoms with Gasteiger partial charge in [-0.25, -0.2) is 4.79 Å². The van der Waals surface area contributed by atoms with Gasteiger partial charge in [0.1, 0.15) is 4.90 Å². The van der Waals surface area contributed by atoms with Crippen LogP contribution in [0.5, 0.6) is 0 Å². The van der Waals surface area contributed by atoms with Crippen molar-refractivity contribution in [1.82, 2.24) is 15.1 Å². The number of halogens is 1. The standard InChI is InChI=1S/C16H16ClN3O.C4H6N2O3S/c17-13-6-4-12(5-7-13)11-19-14-2-1-3-15(10-14)20-9-8-18-16(20)21;1-6-3-4(2-5-6)10(7,8)9/h1-7,10,19H,8-9,11H2,(H,18,21);2-3H,1H3,(H,7,8,9). The number of benzene rings is 2. The van der Waals surface area contributed by atoms with Crippen molar-refractivity contribution < 1.29 is 17.8 Å². The molecule has 1 fully saturated rings. The molecule has 0 unspecified atom stereocenters. The first-order valence-electron chi connectivity index (χ1n) is 9.32. The highest BCUT2D eigenvalue weighted by Gasteiger charge is 2.20. The van der Waals surface area contributed by atoms with Gasteiger partial charge in [-0.2, -0.15) is 13.5 Å². The van der Waals surface area contributed by atoms with Gasteiger partial charge in [-0.15, -0.1) is 0 Å². The molecule has 0 radical (unpaired) electrons. The average molecular weight is 464 g/mol. The summed E-state index contributed by atoms with van der Waals surface area (Å²) in [5.41, 5.74) is 3.05. The van der Waals surface area contributed by atoms with Gasteiger partial charge in [-0.1, -0.05) is 29.8 Å². The maximum atomic E-state index is 11.7. The van der Waals surface area contributed by atoms with E-state index in [0.29, 0.717) is 19.6 Å². The van der Waals surface area contributed by atoms with Crippen LogP contribution in [0.4, 0.5) is 16.2 Å². The van der Waals surface area contributed by atoms with Crippen LogP contribution in [0.15, 0.2) is 65.8 Å². The fourth-order valence-corrected chi connectivity index (χ4v) is 3.43. The second-order valence-electron chi connectivity index (χ2n) is 6.74. The van der Waals surface area contributed by atoms with Gasteiger partial charge in [0.2, 0.25) is 0 Å². The van der Waals surface area contributed by atoms with E-state index in [0.717, 1.165) is 28.2 Å². The summed E-state index contributed by atoms with van der Waals surface area (Å²) in [7, 11) is -2.50. The molecule has 31 heavy (non-hydrogen) atoms. The summed E-state index contributed by atoms with van der Waals surface area (Å²) in [5, 5.41) is 10.5. The Kier molecular flexibility index (Phi) is 7.16. The second kappa shape index (κ2) is 9.82. The van der Waals surface area contributed by atoms with Gasteiger partial charge in [-0.3, -0.25) is 14.1 Å². The van der Waals surface area contributed by atoms with Crippen molar-refractivity contribution in [2.45, 2.75) is 11.4 Å². The summed E-state index contributed by atoms with van der Waals surface area (Å²) in [6.45, 7) is 2.12. The molecule has 2 heterocycles. The Bertz CT molecular complexity index is 1150. The van der Waals surface area contributed by atoms with E-state index in [1.807, 2.05) is 48.5 Å². The molecule has 0 spiro atoms. The first-order chi connectivity index (χ1) is 14.7. The van der Waals surface area contributed by atoms with Crippen molar-refractivity contribution in [1.29, 1.82) is 0 Å². The molecule has 0 atom stereocenters. The van der Waals surface area contributed by atoms with Gasteiger partial charge in [0.25, 0.3) is 10.1 Å². The lowest BCUT2D eigenvalue weighted by Crippen LogP contribution is -2.27. The van der Waals surface area contributed by atoms with Crippen LogP contribution in [-0.4, -0.2) is 41.9 Å². The van der Waals surface area contributed by atoms with Crippen LogP contribution in [0.3, 0.4) is 0 Å². The number of urea groups is 1. The second-order valence-corrected chi connectivity index (χ2v) is 8.60. The van der Waals surface area contributed by atoms with Gasteiger partial charge in [0, 0.05) is 49.3 Å². The molecular weight excluding hydrogens is 442 g/mol. The van der Waals surface area contributed by atoms with E-state index < -0.39 is 10.1 Å². The minimum absolute atomic E-state index is 0.0372. The maximum absolute atomic E-state index is 11.7. The number of amides is 2. The van der Waals surface area contributed by atoms with Crippen molar-refractivity contribution in [2.24, 2.45) is 7.05 Å². The van der Waals surface area contributed by atoms with E-state index in [1.54, 1.807) is 11.9 Å². The predicted octanol–water partition coefficient (Wildman–Crippen LogP) is 3.15. The smallest absolute Gasteiger partial charge is 0.321 e. The Labute approximate surface area is 185 Å². The molecule has 4 rings (SSSR count). The van der Waals surface area contributed by atoms with Crippen molar-refractivity contribution in [2.75, 3.05) is 23.3 Å². The first-order valence-corrected chi connectivity index (χ1v) is 11.1. The highest BCUT2D eigenvalue weighted by molar-refractivity contribution is 7.85. The number of aromatic nitrogens is 2. The van der Waals surface area contributed by atoms with E-state index in [2.05, 4.69) is 15.7 Å². The first kappa shape index (κ1) is 22.6. The number of hydrogen-bond donors (Lipinski definition) is 3. The number of aryl methyl sites for hydroxylation is 1. The molecular formula is C20H22ClN5O4S. The molecule has 11 heteroatoms. The third kappa shape index (κ3) is 6.45. The van der Waals surface area contributed by atoms with Crippen molar-refractivity contribution in [3.63, 3.8) is 0 Å². The Morgan fingerprint density at radius 3 is 2.52 bits per heavy atom. The minimum atomic E-state index is -4.07. The van der Waals surface area contributed by atoms with Gasteiger partial charge in [0.15, 0.2) is 0 Å². The van der Waals surface area contributed by atoms with Crippen LogP contribution in [0.25, 0.3) is 0 Å². The van der Waals surface area contributed by atoms with E-state index in [9.17, 15) is 13.2 Å². The molecule has 3 aromatic rings. The van der Waals surface area contributed by atoms with Crippen molar-refractivity contribution >= 4 is 39.1 Å². The molecule has 164 valence electrons. The van der Waals surface area contributed by atoms with Crippen LogP contribution in [0, 0.1) is 0 Å². The van der Waals surface area contributed by atoms with Crippen LogP contribution in [0.1, 0.15) is 5.56 Å². The van der Waals surface area contributed by atoms with E-state index in [-0.39, 0.29) is 10.9 Å². The molecule has 2 amide bonds. The van der Waals surface area contributed by atoms with Gasteiger partial charge < -0.3 is 10.6 Å². The Balaban J connectivity index is 0.000000229. The molecule has 3 N–H and O–H groups in total. The normalized spacial score (nSPS) is 13.4. The fourth-order valence-electron chi connectivity index (χ4n) is 2.84. The number of hydrogen-bond acceptors (Lipinski definition) is 5. The molecule has 2 aromatic carbocycles. The zero-order chi connectivity index (χ0) is 22.4. The lowest BCUT2D eigenvalue weighted by molar-refractivity contribution is 0.252. The molecule has 0 aliphatic carbocycles. The summed E-state index contributed by atoms with van der Waals surface area (Å²) in [4.78, 5) is 13.2. The largest absolute Gasteiger partial charge is 0.381 e. The summed E-state index contributed by atoms with van der Waals surface area (Å²) in [5.74, 6) is 0. The van der Waals surface area contributed by atoms with E-state index in [4.69, 9.17) is 16.2 Å². The monoisotopic (exact) mass is 463 g/mol. The zero-order valence-electron chi connectivity index (χ0n) is 16.7. The Morgan fingerprint density at radius 1 is 1.23 bits per heavy atom. The molecule has 0 saturated carbocycles. The third-order valence-electron chi connectivity index (χ3n) is 4.40. The van der Waals surface area contributed by atoms with Gasteiger partial charge >= 0.3 is 6.03 Å². The number of nitrogens with one attached hydrogen (secondary N) is 2. The Hall–Kier alpha value is -3.08. The maximum Gasteiger partial charge on any atom is 0.321 e. The SMILES string of the molecule is Cn1cc(S(=O)(=O)O)cn1.O=C1NCCN1c1cccc(NCc2ccc(Cl)cc2)c1. The zero-order valence-corrected chi connectivity index (χ0v) is 18.3. The summed E-state index contributed by atoms with van der Waals surface area (Å²) < 4.78 is 30.4. The minimum Gasteiger partial charge on any atom is -0.381 e. The molecule has 1 saturated heterocycles. The fraction of sp³-hybridized carbons (Fsp3) is 0.200. The summed E-state index contributed by atoms with van der Waals surface area (Å²) in [6, 6.07) is 15.6. The quantitative estimate of drug-likeness (QED) is 0.500. The van der Waals surface area contributed by atoms with Crippen molar-refractivity contribution in [3.05, 3.63) is 71.5 Å². The summed E-state index contributed by atoms with van der Waals surface area (Å²) >= 11 is 5.87. The van der Waals surface area contributed by atoms with Crippen molar-refractivity contribution in [3.8, 4) is 0 Å². The van der Waals surface area contributed by atoms with Crippen LogP contribution >= 0.6 is 11.6 Å². The lowest BCUT2D eigenvalue weighted by atomic mass is 10.2. The number of carbonyl (C=O) groups excluding carboxylic acids is 1. The molecule has 0 bridgehead atoms. The number of anilines is 2. The summed E-state index contributed by atoms with van der Waals surface area (Å²) in [6.07, 6.45) is 2.30. The topological polar surface area (TPSA) is 117 Å². The van der Waals surface area contributed by atoms with Gasteiger partial charge in [-0.05, 0) is 35.9 Å². The molecule has 1 aliphatic rings. The van der Waals surface area contributed by atoms with Crippen LogP contribution in [-0.2, 0) is 23.7 Å². The van der Waals surface area contributed by atoms with E-state index in [1.165, 1.54) is 10.9 Å². The number of carbonyl (C=O) groups is 1. The highest BCUT2D eigenvalue weighted by Crippen LogP contribution is 2.21. The van der Waals surface area contributed by atoms with Gasteiger partial charge in [0.05, 0.1) is 6.20 Å². The van der Waals surface area contributed by atoms with Crippen LogP contribution in [0.2, 0.25) is 5.02 Å². The van der Waals surface area contributed by atoms with E-state index >= 15 is 0 Å². The average Bonchev–Trinajstić information content (AvgIpc) is 3.36. The lowest BCUT2D eigenvalue weighted by Gasteiger charge is -2.16. The third-order valence-corrected chi connectivity index (χ3v) is 5.46. The molecule has 1 aliphatic heterocycles. The van der Waals surface area contributed by atoms with Crippen LogP contribution < -0.4 is 15.5 Å². The number of nitrogens with zero attached hydrogens (tertiary/aromatic N) is 3. The highest BCUT2D eigenvalue weighted by atomic mass is 35.5.